The van der Waals surface area contributed by atoms with Crippen molar-refractivity contribution in [1.82, 2.24) is 0 Å². The highest BCUT2D eigenvalue weighted by molar-refractivity contribution is 5.71. The molecule has 0 unspecified atom stereocenters. The smallest absolute Gasteiger partial charge is 0.331 e. The van der Waals surface area contributed by atoms with Gasteiger partial charge in [0.2, 0.25) is 0 Å². The van der Waals surface area contributed by atoms with Crippen LogP contribution in [0, 0.1) is 0 Å². The van der Waals surface area contributed by atoms with Crippen LogP contribution in [0.5, 0.6) is 0 Å². The second kappa shape index (κ2) is 19.0. The SMILES string of the molecule is C=C.C=C.O=C(CO)OCCOC(=O)CO. The minimum absolute atomic E-state index is 0.120. The standard InChI is InChI=1S/C6H10O6.2C2H4/c7-3-5(9)11-1-2-12-6(10)4-8;2*1-2/h7-8H,1-4H2;2*1-2H2. The van der Waals surface area contributed by atoms with Gasteiger partial charge in [-0.05, 0) is 0 Å². The first-order valence-electron chi connectivity index (χ1n) is 4.23. The number of aliphatic hydroxyl groups is 2. The first-order chi connectivity index (χ1) is 7.70. The summed E-state index contributed by atoms with van der Waals surface area (Å²) in [6.45, 7) is 10.4. The van der Waals surface area contributed by atoms with Gasteiger partial charge in [-0.2, -0.15) is 0 Å². The van der Waals surface area contributed by atoms with Crippen LogP contribution in [0.15, 0.2) is 26.3 Å². The van der Waals surface area contributed by atoms with E-state index in [4.69, 9.17) is 10.2 Å². The molecule has 0 aromatic carbocycles. The molecule has 0 aromatic rings. The maximum atomic E-state index is 10.3. The summed E-state index contributed by atoms with van der Waals surface area (Å²) in [7, 11) is 0. The summed E-state index contributed by atoms with van der Waals surface area (Å²) in [6.07, 6.45) is 0. The van der Waals surface area contributed by atoms with Crippen molar-refractivity contribution in [3.63, 3.8) is 0 Å². The molecule has 0 aromatic heterocycles. The fourth-order valence-corrected chi connectivity index (χ4v) is 0.402. The molecule has 0 aliphatic heterocycles. The number of carbonyl (C=O) groups excluding carboxylic acids is 2. The highest BCUT2D eigenvalue weighted by Crippen LogP contribution is 1.80. The molecule has 16 heavy (non-hydrogen) atoms. The molecule has 0 rings (SSSR count). The van der Waals surface area contributed by atoms with E-state index in [1.54, 1.807) is 0 Å². The van der Waals surface area contributed by atoms with Crippen molar-refractivity contribution < 1.29 is 29.3 Å². The Labute approximate surface area is 94.8 Å². The molecule has 0 fully saturated rings. The van der Waals surface area contributed by atoms with E-state index >= 15 is 0 Å². The third-order valence-corrected chi connectivity index (χ3v) is 0.868. The number of esters is 2. The third kappa shape index (κ3) is 18.2. The van der Waals surface area contributed by atoms with Crippen molar-refractivity contribution in [3.8, 4) is 0 Å². The van der Waals surface area contributed by atoms with Crippen molar-refractivity contribution in [2.75, 3.05) is 26.4 Å². The summed E-state index contributed by atoms with van der Waals surface area (Å²) in [4.78, 5) is 20.5. The van der Waals surface area contributed by atoms with Gasteiger partial charge in [-0.1, -0.05) is 0 Å². The van der Waals surface area contributed by atoms with Crippen molar-refractivity contribution in [3.05, 3.63) is 26.3 Å². The maximum Gasteiger partial charge on any atom is 0.331 e. The Kier molecular flexibility index (Phi) is 23.6. The van der Waals surface area contributed by atoms with Gasteiger partial charge in [-0.25, -0.2) is 9.59 Å². The summed E-state index contributed by atoms with van der Waals surface area (Å²) >= 11 is 0. The lowest BCUT2D eigenvalue weighted by molar-refractivity contribution is -0.155. The van der Waals surface area contributed by atoms with Crippen LogP contribution >= 0.6 is 0 Å². The Morgan fingerprint density at radius 3 is 1.25 bits per heavy atom. The van der Waals surface area contributed by atoms with Crippen LogP contribution in [0.4, 0.5) is 0 Å². The van der Waals surface area contributed by atoms with E-state index in [9.17, 15) is 9.59 Å². The zero-order valence-electron chi connectivity index (χ0n) is 9.18. The van der Waals surface area contributed by atoms with E-state index in [0.717, 1.165) is 0 Å². The minimum atomic E-state index is -0.782. The predicted octanol–water partition coefficient (Wildman–Crippen LogP) is -0.338. The Bertz CT molecular complexity index is 160. The minimum Gasteiger partial charge on any atom is -0.460 e. The van der Waals surface area contributed by atoms with Gasteiger partial charge in [0.25, 0.3) is 0 Å². The van der Waals surface area contributed by atoms with E-state index in [0.29, 0.717) is 0 Å². The van der Waals surface area contributed by atoms with E-state index in [1.807, 2.05) is 0 Å². The average molecular weight is 234 g/mol. The molecular formula is C10H18O6. The molecule has 0 amide bonds. The molecule has 0 atom stereocenters. The normalized spacial score (nSPS) is 7.38. The number of carbonyl (C=O) groups is 2. The molecule has 0 aliphatic carbocycles. The second-order valence-corrected chi connectivity index (χ2v) is 1.76. The van der Waals surface area contributed by atoms with Gasteiger partial charge in [0.1, 0.15) is 26.4 Å². The highest BCUT2D eigenvalue weighted by Gasteiger charge is 2.01. The summed E-state index contributed by atoms with van der Waals surface area (Å²) in [5, 5.41) is 16.3. The van der Waals surface area contributed by atoms with Crippen molar-refractivity contribution in [1.29, 1.82) is 0 Å². The lowest BCUT2D eigenvalue weighted by atomic mass is 10.7. The Hall–Kier alpha value is -1.66. The lowest BCUT2D eigenvalue weighted by Crippen LogP contribution is -2.17. The van der Waals surface area contributed by atoms with Gasteiger partial charge in [0, 0.05) is 0 Å². The average Bonchev–Trinajstić information content (AvgIpc) is 2.38. The number of rotatable bonds is 5. The van der Waals surface area contributed by atoms with Crippen LogP contribution in [-0.2, 0) is 19.1 Å². The van der Waals surface area contributed by atoms with Gasteiger partial charge >= 0.3 is 11.9 Å². The molecule has 0 spiro atoms. The number of aliphatic hydroxyl groups excluding tert-OH is 2. The monoisotopic (exact) mass is 234 g/mol. The highest BCUT2D eigenvalue weighted by atomic mass is 16.6. The fraction of sp³-hybridized carbons (Fsp3) is 0.400. The first kappa shape index (κ1) is 19.8. The molecule has 6 nitrogen and oxygen atoms in total. The summed E-state index contributed by atoms with van der Waals surface area (Å²) in [6, 6.07) is 0. The van der Waals surface area contributed by atoms with Crippen LogP contribution in [0.1, 0.15) is 0 Å². The van der Waals surface area contributed by atoms with Gasteiger partial charge in [0.15, 0.2) is 0 Å². The predicted molar refractivity (Wildman–Crippen MR) is 58.6 cm³/mol. The molecule has 0 aliphatic rings. The van der Waals surface area contributed by atoms with Crippen LogP contribution < -0.4 is 0 Å². The summed E-state index contributed by atoms with van der Waals surface area (Å²) in [5.41, 5.74) is 0. The molecule has 0 saturated heterocycles. The molecule has 0 saturated carbocycles. The molecule has 0 heterocycles. The molecule has 2 N–H and O–H groups in total. The number of ether oxygens (including phenoxy) is 2. The number of hydrogen-bond donors (Lipinski definition) is 2. The Balaban J connectivity index is -0.000000376. The van der Waals surface area contributed by atoms with E-state index in [2.05, 4.69) is 35.8 Å². The van der Waals surface area contributed by atoms with Crippen LogP contribution in [-0.4, -0.2) is 48.6 Å². The molecule has 0 radical (unpaired) electrons. The van der Waals surface area contributed by atoms with Gasteiger partial charge in [-0.15, -0.1) is 26.3 Å². The molecular weight excluding hydrogens is 216 g/mol. The fourth-order valence-electron chi connectivity index (χ4n) is 0.402. The molecule has 0 bridgehead atoms. The van der Waals surface area contributed by atoms with Crippen LogP contribution in [0.25, 0.3) is 0 Å². The van der Waals surface area contributed by atoms with E-state index < -0.39 is 25.2 Å². The second-order valence-electron chi connectivity index (χ2n) is 1.76. The summed E-state index contributed by atoms with van der Waals surface area (Å²) in [5.74, 6) is -1.56. The van der Waals surface area contributed by atoms with E-state index in [1.165, 1.54) is 0 Å². The maximum absolute atomic E-state index is 10.3. The number of hydrogen-bond acceptors (Lipinski definition) is 6. The first-order valence-corrected chi connectivity index (χ1v) is 4.23. The van der Waals surface area contributed by atoms with Gasteiger partial charge < -0.3 is 19.7 Å². The van der Waals surface area contributed by atoms with Crippen molar-refractivity contribution >= 4 is 11.9 Å². The Morgan fingerprint density at radius 1 is 0.812 bits per heavy atom. The Morgan fingerprint density at radius 2 is 1.06 bits per heavy atom. The topological polar surface area (TPSA) is 93.1 Å². The quantitative estimate of drug-likeness (QED) is 0.384. The molecule has 94 valence electrons. The zero-order chi connectivity index (χ0) is 13.4. The van der Waals surface area contributed by atoms with E-state index in [-0.39, 0.29) is 13.2 Å². The van der Waals surface area contributed by atoms with Crippen LogP contribution in [0.3, 0.4) is 0 Å². The molecule has 6 heteroatoms. The van der Waals surface area contributed by atoms with Crippen molar-refractivity contribution in [2.45, 2.75) is 0 Å². The van der Waals surface area contributed by atoms with Gasteiger partial charge in [0.05, 0.1) is 0 Å². The largest absolute Gasteiger partial charge is 0.460 e. The lowest BCUT2D eigenvalue weighted by Gasteiger charge is -2.03. The summed E-state index contributed by atoms with van der Waals surface area (Å²) < 4.78 is 8.68. The third-order valence-electron chi connectivity index (χ3n) is 0.868. The van der Waals surface area contributed by atoms with Gasteiger partial charge in [-0.3, -0.25) is 0 Å². The van der Waals surface area contributed by atoms with Crippen LogP contribution in [0.2, 0.25) is 0 Å². The van der Waals surface area contributed by atoms with Crippen molar-refractivity contribution in [2.24, 2.45) is 0 Å². The zero-order valence-corrected chi connectivity index (χ0v) is 9.18.